The molecule has 31 heavy (non-hydrogen) atoms. The van der Waals surface area contributed by atoms with Crippen molar-refractivity contribution in [2.45, 2.75) is 6.92 Å². The van der Waals surface area contributed by atoms with E-state index in [1.54, 1.807) is 29.9 Å². The van der Waals surface area contributed by atoms with E-state index in [1.165, 1.54) is 20.7 Å². The van der Waals surface area contributed by atoms with E-state index < -0.39 is 0 Å². The Morgan fingerprint density at radius 2 is 1.84 bits per heavy atom. The molecular weight excluding hydrogens is 404 g/mol. The number of H-pyrrole nitrogens is 2. The zero-order valence-electron chi connectivity index (χ0n) is 16.7. The molecule has 6 rings (SSSR count). The molecule has 150 valence electrons. The SMILES string of the molecule is Cc1ccc(-c2cccc3[nH]c(-c4[nH]nc5ncc(-c6cncc(N)c6)cc45)cc23)s1. The van der Waals surface area contributed by atoms with Crippen LogP contribution in [-0.2, 0) is 0 Å². The Kier molecular flexibility index (Phi) is 3.91. The maximum atomic E-state index is 5.91. The Hall–Kier alpha value is -3.97. The first-order valence-electron chi connectivity index (χ1n) is 9.90. The lowest BCUT2D eigenvalue weighted by atomic mass is 10.1. The minimum atomic E-state index is 0.622. The first-order chi connectivity index (χ1) is 15.2. The van der Waals surface area contributed by atoms with Gasteiger partial charge >= 0.3 is 0 Å². The smallest absolute Gasteiger partial charge is 0.181 e. The summed E-state index contributed by atoms with van der Waals surface area (Å²) in [7, 11) is 0. The molecule has 6 aromatic rings. The van der Waals surface area contributed by atoms with Crippen LogP contribution in [0.4, 0.5) is 5.69 Å². The number of nitrogens with two attached hydrogens (primary N) is 1. The second-order valence-electron chi connectivity index (χ2n) is 7.56. The maximum Gasteiger partial charge on any atom is 0.181 e. The van der Waals surface area contributed by atoms with Gasteiger partial charge in [-0.25, -0.2) is 4.98 Å². The molecule has 0 atom stereocenters. The molecule has 0 aliphatic rings. The Morgan fingerprint density at radius 1 is 0.935 bits per heavy atom. The zero-order valence-corrected chi connectivity index (χ0v) is 17.5. The largest absolute Gasteiger partial charge is 0.397 e. The number of pyridine rings is 2. The van der Waals surface area contributed by atoms with Crippen LogP contribution in [0, 0.1) is 6.92 Å². The number of aromatic nitrogens is 5. The highest BCUT2D eigenvalue weighted by molar-refractivity contribution is 7.15. The van der Waals surface area contributed by atoms with E-state index in [0.29, 0.717) is 11.3 Å². The van der Waals surface area contributed by atoms with Crippen molar-refractivity contribution in [2.24, 2.45) is 0 Å². The van der Waals surface area contributed by atoms with E-state index in [-0.39, 0.29) is 0 Å². The number of nitrogens with one attached hydrogen (secondary N) is 2. The highest BCUT2D eigenvalue weighted by atomic mass is 32.1. The van der Waals surface area contributed by atoms with Crippen molar-refractivity contribution in [2.75, 3.05) is 5.73 Å². The summed E-state index contributed by atoms with van der Waals surface area (Å²) in [5, 5.41) is 9.70. The van der Waals surface area contributed by atoms with Gasteiger partial charge in [-0.2, -0.15) is 5.10 Å². The molecule has 6 nitrogen and oxygen atoms in total. The third-order valence-corrected chi connectivity index (χ3v) is 6.48. The van der Waals surface area contributed by atoms with Crippen LogP contribution in [0.5, 0.6) is 0 Å². The van der Waals surface area contributed by atoms with Crippen molar-refractivity contribution >= 4 is 39.0 Å². The fourth-order valence-corrected chi connectivity index (χ4v) is 4.87. The Labute approximate surface area is 181 Å². The van der Waals surface area contributed by atoms with Gasteiger partial charge in [0.15, 0.2) is 5.65 Å². The minimum Gasteiger partial charge on any atom is -0.397 e. The van der Waals surface area contributed by atoms with Crippen LogP contribution >= 0.6 is 11.3 Å². The van der Waals surface area contributed by atoms with Crippen LogP contribution < -0.4 is 5.73 Å². The van der Waals surface area contributed by atoms with Gasteiger partial charge in [0.25, 0.3) is 0 Å². The highest BCUT2D eigenvalue weighted by Gasteiger charge is 2.15. The van der Waals surface area contributed by atoms with Gasteiger partial charge in [0.1, 0.15) is 0 Å². The molecule has 0 spiro atoms. The molecule has 7 heteroatoms. The molecule has 4 N–H and O–H groups in total. The number of nitrogens with zero attached hydrogens (tertiary/aromatic N) is 3. The number of nitrogen functional groups attached to an aromatic ring is 1. The second kappa shape index (κ2) is 6.78. The summed E-state index contributed by atoms with van der Waals surface area (Å²) >= 11 is 1.81. The predicted molar refractivity (Wildman–Crippen MR) is 127 cm³/mol. The summed E-state index contributed by atoms with van der Waals surface area (Å²) in [5.41, 5.74) is 13.3. The van der Waals surface area contributed by atoms with Crippen LogP contribution in [0.15, 0.2) is 67.1 Å². The van der Waals surface area contributed by atoms with Gasteiger partial charge in [-0.3, -0.25) is 10.1 Å². The van der Waals surface area contributed by atoms with Crippen molar-refractivity contribution < 1.29 is 0 Å². The quantitative estimate of drug-likeness (QED) is 0.336. The number of aromatic amines is 2. The standard InChI is InChI=1S/C24H18N6S/c1-13-5-6-22(31-13)17-3-2-4-20-18(17)9-21(28-20)23-19-8-15(11-27-24(19)30-29-23)14-7-16(25)12-26-10-14/h2-12,28H,25H2,1H3,(H,27,29,30). The van der Waals surface area contributed by atoms with Crippen LogP contribution in [-0.4, -0.2) is 25.1 Å². The van der Waals surface area contributed by atoms with Crippen LogP contribution in [0.2, 0.25) is 0 Å². The summed E-state index contributed by atoms with van der Waals surface area (Å²) < 4.78 is 0. The normalized spacial score (nSPS) is 11.5. The molecule has 0 fully saturated rings. The fraction of sp³-hybridized carbons (Fsp3) is 0.0417. The summed E-state index contributed by atoms with van der Waals surface area (Å²) in [6.45, 7) is 2.13. The number of hydrogen-bond donors (Lipinski definition) is 3. The molecule has 5 heterocycles. The van der Waals surface area contributed by atoms with Gasteiger partial charge in [0.2, 0.25) is 0 Å². The molecular formula is C24H18N6S. The summed E-state index contributed by atoms with van der Waals surface area (Å²) in [6.07, 6.45) is 5.22. The van der Waals surface area contributed by atoms with Gasteiger partial charge in [-0.05, 0) is 43.3 Å². The topological polar surface area (TPSA) is 96.3 Å². The van der Waals surface area contributed by atoms with Gasteiger partial charge in [0.05, 0.1) is 17.1 Å². The Balaban J connectivity index is 1.51. The van der Waals surface area contributed by atoms with Crippen molar-refractivity contribution in [3.63, 3.8) is 0 Å². The lowest BCUT2D eigenvalue weighted by Gasteiger charge is -2.02. The van der Waals surface area contributed by atoms with E-state index in [4.69, 9.17) is 5.73 Å². The minimum absolute atomic E-state index is 0.622. The lowest BCUT2D eigenvalue weighted by Crippen LogP contribution is -1.88. The van der Waals surface area contributed by atoms with Crippen molar-refractivity contribution in [3.05, 3.63) is 72.0 Å². The molecule has 1 aromatic carbocycles. The molecule has 0 unspecified atom stereocenters. The molecule has 0 bridgehead atoms. The zero-order chi connectivity index (χ0) is 20.9. The molecule has 0 aliphatic heterocycles. The summed E-state index contributed by atoms with van der Waals surface area (Å²) in [4.78, 5) is 14.8. The monoisotopic (exact) mass is 422 g/mol. The summed E-state index contributed by atoms with van der Waals surface area (Å²) in [6, 6.07) is 16.9. The van der Waals surface area contributed by atoms with Crippen LogP contribution in [0.3, 0.4) is 0 Å². The Morgan fingerprint density at radius 3 is 2.68 bits per heavy atom. The van der Waals surface area contributed by atoms with Gasteiger partial charge in [-0.1, -0.05) is 12.1 Å². The predicted octanol–water partition coefficient (Wildman–Crippen LogP) is 5.79. The molecule has 5 aromatic heterocycles. The van der Waals surface area contributed by atoms with E-state index in [2.05, 4.69) is 74.5 Å². The first kappa shape index (κ1) is 17.9. The molecule has 0 saturated carbocycles. The van der Waals surface area contributed by atoms with E-state index >= 15 is 0 Å². The molecule has 0 radical (unpaired) electrons. The molecule has 0 aliphatic carbocycles. The molecule has 0 amide bonds. The molecule has 0 saturated heterocycles. The van der Waals surface area contributed by atoms with Gasteiger partial charge in [0, 0.05) is 61.3 Å². The van der Waals surface area contributed by atoms with Crippen molar-refractivity contribution in [1.82, 2.24) is 25.1 Å². The lowest BCUT2D eigenvalue weighted by molar-refractivity contribution is 1.10. The van der Waals surface area contributed by atoms with Gasteiger partial charge in [-0.15, -0.1) is 11.3 Å². The number of aryl methyl sites for hydroxylation is 1. The number of benzene rings is 1. The number of hydrogen-bond acceptors (Lipinski definition) is 5. The third kappa shape index (κ3) is 2.98. The van der Waals surface area contributed by atoms with Crippen molar-refractivity contribution in [1.29, 1.82) is 0 Å². The third-order valence-electron chi connectivity index (χ3n) is 5.44. The number of thiophene rings is 1. The van der Waals surface area contributed by atoms with Crippen molar-refractivity contribution in [3.8, 4) is 33.0 Å². The maximum absolute atomic E-state index is 5.91. The Bertz CT molecular complexity index is 1570. The average Bonchev–Trinajstić information content (AvgIpc) is 3.50. The number of fused-ring (bicyclic) bond motifs is 2. The van der Waals surface area contributed by atoms with Crippen LogP contribution in [0.1, 0.15) is 4.88 Å². The first-order valence-corrected chi connectivity index (χ1v) is 10.7. The van der Waals surface area contributed by atoms with Crippen LogP contribution in [0.25, 0.3) is 54.9 Å². The fourth-order valence-electron chi connectivity index (χ4n) is 3.96. The van der Waals surface area contributed by atoms with E-state index in [0.717, 1.165) is 33.4 Å². The average molecular weight is 423 g/mol. The van der Waals surface area contributed by atoms with Gasteiger partial charge < -0.3 is 10.7 Å². The van der Waals surface area contributed by atoms with E-state index in [9.17, 15) is 0 Å². The number of anilines is 1. The van der Waals surface area contributed by atoms with E-state index in [1.807, 2.05) is 6.07 Å². The summed E-state index contributed by atoms with van der Waals surface area (Å²) in [5.74, 6) is 0. The second-order valence-corrected chi connectivity index (χ2v) is 8.85. The number of rotatable bonds is 3. The highest BCUT2D eigenvalue weighted by Crippen LogP contribution is 2.37.